The number of aromatic hydroxyl groups is 1. The minimum Gasteiger partial charge on any atom is -0.504 e. The Morgan fingerprint density at radius 1 is 1.11 bits per heavy atom. The predicted molar refractivity (Wildman–Crippen MR) is 137 cm³/mol. The van der Waals surface area contributed by atoms with Crippen LogP contribution in [0.3, 0.4) is 0 Å². The minimum absolute atomic E-state index is 0.00651. The lowest BCUT2D eigenvalue weighted by Crippen LogP contribution is -2.54. The molecule has 3 fully saturated rings. The molecule has 0 spiro atoms. The highest BCUT2D eigenvalue weighted by molar-refractivity contribution is 5.84. The minimum atomic E-state index is -0.745. The van der Waals surface area contributed by atoms with Crippen LogP contribution < -0.4 is 10.1 Å². The Morgan fingerprint density at radius 2 is 1.97 bits per heavy atom. The van der Waals surface area contributed by atoms with E-state index in [-0.39, 0.29) is 11.5 Å². The zero-order valence-corrected chi connectivity index (χ0v) is 21.3. The van der Waals surface area contributed by atoms with Crippen molar-refractivity contribution in [3.63, 3.8) is 0 Å². The number of phenols is 1. The first kappa shape index (κ1) is 25.3. The van der Waals surface area contributed by atoms with Gasteiger partial charge in [0.05, 0.1) is 13.2 Å². The number of aliphatic hydroxyl groups is 1. The molecule has 5 rings (SSSR count). The van der Waals surface area contributed by atoms with Crippen molar-refractivity contribution in [3.8, 4) is 23.3 Å². The number of nitrogens with one attached hydrogen (secondary N) is 1. The molecule has 7 atom stereocenters. The third-order valence-corrected chi connectivity index (χ3v) is 9.34. The molecule has 0 unspecified atom stereocenters. The van der Waals surface area contributed by atoms with E-state index >= 15 is 0 Å². The number of aliphatic hydroxyl groups excluding tert-OH is 1. The number of rotatable bonds is 5. The van der Waals surface area contributed by atoms with Crippen molar-refractivity contribution < 1.29 is 24.5 Å². The van der Waals surface area contributed by atoms with Crippen LogP contribution in [0.15, 0.2) is 12.1 Å². The summed E-state index contributed by atoms with van der Waals surface area (Å²) in [6.07, 6.45) is 8.15. The van der Waals surface area contributed by atoms with Gasteiger partial charge < -0.3 is 20.3 Å². The van der Waals surface area contributed by atoms with Gasteiger partial charge in [-0.1, -0.05) is 18.3 Å². The molecule has 2 saturated carbocycles. The normalized spacial score (nSPS) is 32.9. The van der Waals surface area contributed by atoms with Gasteiger partial charge in [0.25, 0.3) is 0 Å². The lowest BCUT2D eigenvalue weighted by Gasteiger charge is -2.49. The second kappa shape index (κ2) is 10.9. The summed E-state index contributed by atoms with van der Waals surface area (Å²) in [5, 5.41) is 24.8. The fraction of sp³-hybridized carbons (Fsp3) is 0.667. The number of carbonyl (C=O) groups is 2. The maximum atomic E-state index is 13.0. The number of aryl methyl sites for hydroxylation is 1. The van der Waals surface area contributed by atoms with Gasteiger partial charge in [0, 0.05) is 31.7 Å². The van der Waals surface area contributed by atoms with E-state index in [1.807, 2.05) is 0 Å². The van der Waals surface area contributed by atoms with E-state index < -0.39 is 12.0 Å². The Balaban J connectivity index is 1.16. The Labute approximate surface area is 214 Å². The summed E-state index contributed by atoms with van der Waals surface area (Å²) < 4.78 is 5.23. The highest BCUT2D eigenvalue weighted by atomic mass is 16.5. The molecule has 4 aliphatic rings. The summed E-state index contributed by atoms with van der Waals surface area (Å²) in [6.45, 7) is 1.01. The zero-order chi connectivity index (χ0) is 25.2. The molecule has 6 nitrogen and oxygen atoms in total. The Hall–Kier alpha value is -2.36. The molecule has 1 saturated heterocycles. The van der Waals surface area contributed by atoms with Gasteiger partial charge in [-0.3, -0.25) is 9.59 Å². The maximum absolute atomic E-state index is 13.0. The highest BCUT2D eigenvalue weighted by Gasteiger charge is 2.44. The van der Waals surface area contributed by atoms with Crippen molar-refractivity contribution in [3.05, 3.63) is 23.3 Å². The average Bonchev–Trinajstić information content (AvgIpc) is 2.95. The quantitative estimate of drug-likeness (QED) is 0.543. The van der Waals surface area contributed by atoms with Crippen molar-refractivity contribution in [1.82, 2.24) is 5.32 Å². The first-order valence-electron chi connectivity index (χ1n) is 13.8. The summed E-state index contributed by atoms with van der Waals surface area (Å²) >= 11 is 0. The van der Waals surface area contributed by atoms with Gasteiger partial charge in [0.1, 0.15) is 11.7 Å². The van der Waals surface area contributed by atoms with Crippen LogP contribution in [0.25, 0.3) is 0 Å². The number of fused-ring (bicyclic) bond motifs is 4. The predicted octanol–water partition coefficient (Wildman–Crippen LogP) is 3.59. The van der Waals surface area contributed by atoms with Crippen molar-refractivity contribution in [2.75, 3.05) is 13.7 Å². The fourth-order valence-corrected chi connectivity index (χ4v) is 7.36. The van der Waals surface area contributed by atoms with E-state index in [4.69, 9.17) is 4.74 Å². The number of phenolic OH excluding ortho intramolecular Hbond substituents is 1. The number of hydrogen-bond donors (Lipinski definition) is 3. The molecule has 1 aliphatic heterocycles. The van der Waals surface area contributed by atoms with Crippen LogP contribution in [0.2, 0.25) is 0 Å². The Morgan fingerprint density at radius 3 is 2.81 bits per heavy atom. The molecule has 0 bridgehead atoms. The molecular formula is C30H39NO5. The Bertz CT molecular complexity index is 1060. The van der Waals surface area contributed by atoms with Gasteiger partial charge in [-0.2, -0.15) is 0 Å². The lowest BCUT2D eigenvalue weighted by atomic mass is 9.61. The van der Waals surface area contributed by atoms with Crippen LogP contribution in [0.4, 0.5) is 0 Å². The number of methoxy groups -OCH3 is 1. The largest absolute Gasteiger partial charge is 0.504 e. The number of benzene rings is 1. The van der Waals surface area contributed by atoms with Crippen LogP contribution in [0.1, 0.15) is 68.9 Å². The Kier molecular flexibility index (Phi) is 7.69. The first-order valence-corrected chi connectivity index (χ1v) is 13.8. The van der Waals surface area contributed by atoms with E-state index in [1.54, 1.807) is 12.1 Å². The topological polar surface area (TPSA) is 95.9 Å². The number of ketones is 2. The number of piperidine rings is 1. The number of carbonyl (C=O) groups excluding carboxylic acids is 2. The van der Waals surface area contributed by atoms with Gasteiger partial charge in [-0.15, -0.1) is 0 Å². The molecule has 3 N–H and O–H groups in total. The van der Waals surface area contributed by atoms with Gasteiger partial charge in [-0.25, -0.2) is 0 Å². The van der Waals surface area contributed by atoms with Gasteiger partial charge in [-0.05, 0) is 92.0 Å². The van der Waals surface area contributed by atoms with Gasteiger partial charge >= 0.3 is 0 Å². The second-order valence-corrected chi connectivity index (χ2v) is 11.4. The molecule has 1 aromatic rings. The number of Topliss-reactive ketones (excluding diaryl/α,β-unsaturated/α-hetero) is 2. The molecule has 0 amide bonds. The van der Waals surface area contributed by atoms with E-state index in [0.717, 1.165) is 42.9 Å². The second-order valence-electron chi connectivity index (χ2n) is 11.4. The van der Waals surface area contributed by atoms with Crippen LogP contribution in [-0.2, 0) is 22.4 Å². The maximum Gasteiger partial charge on any atom is 0.160 e. The molecule has 3 aliphatic carbocycles. The molecule has 6 heteroatoms. The van der Waals surface area contributed by atoms with Crippen molar-refractivity contribution in [2.24, 2.45) is 29.6 Å². The van der Waals surface area contributed by atoms with Crippen LogP contribution in [0, 0.1) is 41.4 Å². The van der Waals surface area contributed by atoms with Gasteiger partial charge in [0.2, 0.25) is 0 Å². The van der Waals surface area contributed by atoms with Crippen molar-refractivity contribution in [1.29, 1.82) is 0 Å². The van der Waals surface area contributed by atoms with Crippen LogP contribution in [0.5, 0.6) is 11.5 Å². The molecular weight excluding hydrogens is 454 g/mol. The zero-order valence-electron chi connectivity index (χ0n) is 21.3. The van der Waals surface area contributed by atoms with Crippen molar-refractivity contribution >= 4 is 11.6 Å². The highest BCUT2D eigenvalue weighted by Crippen LogP contribution is 2.46. The molecule has 1 aromatic carbocycles. The number of hydrogen-bond acceptors (Lipinski definition) is 6. The third kappa shape index (κ3) is 5.33. The van der Waals surface area contributed by atoms with Crippen LogP contribution in [-0.4, -0.2) is 47.6 Å². The lowest BCUT2D eigenvalue weighted by molar-refractivity contribution is -0.124. The van der Waals surface area contributed by atoms with E-state index in [1.165, 1.54) is 26.4 Å². The summed E-state index contributed by atoms with van der Waals surface area (Å²) in [6, 6.07) is 3.85. The summed E-state index contributed by atoms with van der Waals surface area (Å²) in [4.78, 5) is 24.9. The SMILES string of the molecule is COc1cc2c(cc1O)CC#C[C@H]([C@H](O)CC[C@@H]1CC[C@@H]3[C@H](CN[C@@H]4CC(=O)CC[C@@H]34)C1)C(=O)CC2. The van der Waals surface area contributed by atoms with E-state index in [0.29, 0.717) is 67.4 Å². The molecule has 0 aromatic heterocycles. The number of ether oxygens (including phenoxy) is 1. The summed E-state index contributed by atoms with van der Waals surface area (Å²) in [5.74, 6) is 9.01. The average molecular weight is 494 g/mol. The fourth-order valence-electron chi connectivity index (χ4n) is 7.36. The summed E-state index contributed by atoms with van der Waals surface area (Å²) in [7, 11) is 1.51. The van der Waals surface area contributed by atoms with E-state index in [9.17, 15) is 19.8 Å². The van der Waals surface area contributed by atoms with Crippen molar-refractivity contribution in [2.45, 2.75) is 82.8 Å². The molecule has 1 heterocycles. The standard InChI is InChI=1S/C30H39NO5/c1-36-30-15-20-7-12-28(34)25(4-2-3-19(20)14-29(30)35)27(33)11-6-18-5-9-23-21(13-18)17-31-26-16-22(32)8-10-24(23)26/h14-15,18,21,23-27,31,33,35H,3,5-13,16-17H2,1H3/t18-,21-,23+,24-,25+,26+,27+/m0/s1. The first-order chi connectivity index (χ1) is 17.4. The third-order valence-electron chi connectivity index (χ3n) is 9.34. The smallest absolute Gasteiger partial charge is 0.160 e. The molecule has 36 heavy (non-hydrogen) atoms. The van der Waals surface area contributed by atoms with E-state index in [2.05, 4.69) is 17.2 Å². The summed E-state index contributed by atoms with van der Waals surface area (Å²) in [5.41, 5.74) is 1.87. The monoisotopic (exact) mass is 493 g/mol. The molecule has 0 radical (unpaired) electrons. The van der Waals surface area contributed by atoms with Crippen LogP contribution >= 0.6 is 0 Å². The van der Waals surface area contributed by atoms with Gasteiger partial charge in [0.15, 0.2) is 17.3 Å². The molecule has 194 valence electrons.